The lowest BCUT2D eigenvalue weighted by molar-refractivity contribution is 0.449. The van der Waals surface area contributed by atoms with E-state index >= 15 is 0 Å². The van der Waals surface area contributed by atoms with E-state index in [4.69, 9.17) is 4.42 Å². The van der Waals surface area contributed by atoms with Crippen molar-refractivity contribution in [3.63, 3.8) is 0 Å². The van der Waals surface area contributed by atoms with Gasteiger partial charge in [0.25, 0.3) is 0 Å². The molecule has 0 amide bonds. The van der Waals surface area contributed by atoms with Gasteiger partial charge >= 0.3 is 5.84 Å². The van der Waals surface area contributed by atoms with Gasteiger partial charge in [0.1, 0.15) is 17.6 Å². The van der Waals surface area contributed by atoms with Crippen LogP contribution in [-0.2, 0) is 0 Å². The van der Waals surface area contributed by atoms with Gasteiger partial charge < -0.3 is 8.82 Å². The average molecular weight is 354 g/mol. The highest BCUT2D eigenvalue weighted by Gasteiger charge is 2.23. The van der Waals surface area contributed by atoms with Gasteiger partial charge in [-0.1, -0.05) is 0 Å². The van der Waals surface area contributed by atoms with Crippen LogP contribution < -0.4 is 0 Å². The molecule has 0 aliphatic heterocycles. The molecule has 0 aliphatic carbocycles. The van der Waals surface area contributed by atoms with Crippen LogP contribution in [0.5, 0.6) is 0 Å². The summed E-state index contributed by atoms with van der Waals surface area (Å²) in [5, 5.41) is 0. The second-order valence-electron chi connectivity index (χ2n) is 5.70. The summed E-state index contributed by atoms with van der Waals surface area (Å²) in [5.74, 6) is -3.88. The molecule has 128 valence electrons. The number of benzene rings is 1. The Balaban J connectivity index is 1.83. The first-order valence-corrected chi connectivity index (χ1v) is 7.66. The summed E-state index contributed by atoms with van der Waals surface area (Å²) in [6, 6.07) is 5.62. The van der Waals surface area contributed by atoms with Crippen LogP contribution in [0.1, 0.15) is 0 Å². The van der Waals surface area contributed by atoms with Gasteiger partial charge in [0, 0.05) is 35.9 Å². The maximum absolute atomic E-state index is 14.4. The van der Waals surface area contributed by atoms with Crippen molar-refractivity contribution in [1.29, 1.82) is 0 Å². The third kappa shape index (κ3) is 1.98. The average Bonchev–Trinajstić information content (AvgIpc) is 3.34. The lowest BCUT2D eigenvalue weighted by Gasteiger charge is -2.07. The maximum atomic E-state index is 14.4. The lowest BCUT2D eigenvalue weighted by atomic mass is 10.1. The van der Waals surface area contributed by atoms with Crippen LogP contribution in [0, 0.1) is 17.5 Å². The number of fused-ring (bicyclic) bond motifs is 2. The normalized spacial score (nSPS) is 11.7. The maximum Gasteiger partial charge on any atom is 0.306 e. The van der Waals surface area contributed by atoms with E-state index in [1.54, 1.807) is 45.7 Å². The third-order valence-corrected chi connectivity index (χ3v) is 4.21. The molecule has 1 aromatic carbocycles. The molecule has 0 atom stereocenters. The van der Waals surface area contributed by atoms with Crippen LogP contribution in [0.25, 0.3) is 34.0 Å². The number of nitrogens with zero attached hydrogens (tertiary/aromatic N) is 4. The monoisotopic (exact) mass is 354 g/mol. The molecule has 0 fully saturated rings. The Hall–Kier alpha value is -3.55. The van der Waals surface area contributed by atoms with Crippen molar-refractivity contribution >= 4 is 11.5 Å². The summed E-state index contributed by atoms with van der Waals surface area (Å²) in [4.78, 5) is 8.44. The zero-order chi connectivity index (χ0) is 17.8. The number of hydrogen-bond donors (Lipinski definition) is 0. The van der Waals surface area contributed by atoms with Crippen LogP contribution in [0.15, 0.2) is 59.7 Å². The summed E-state index contributed by atoms with van der Waals surface area (Å²) in [5.41, 5.74) is 1.92. The summed E-state index contributed by atoms with van der Waals surface area (Å²) in [6.45, 7) is 0. The molecule has 0 spiro atoms. The minimum atomic E-state index is -1.54. The third-order valence-electron chi connectivity index (χ3n) is 4.21. The quantitative estimate of drug-likeness (QED) is 0.444. The molecule has 8 heteroatoms. The molecule has 0 saturated heterocycles. The Morgan fingerprint density at radius 2 is 1.85 bits per heavy atom. The highest BCUT2D eigenvalue weighted by molar-refractivity contribution is 5.81. The molecule has 5 rings (SSSR count). The van der Waals surface area contributed by atoms with E-state index in [-0.39, 0.29) is 17.1 Å². The number of rotatable bonds is 2. The van der Waals surface area contributed by atoms with E-state index in [9.17, 15) is 13.2 Å². The van der Waals surface area contributed by atoms with E-state index in [2.05, 4.69) is 9.97 Å². The number of oxazole rings is 1. The Kier molecular flexibility index (Phi) is 2.96. The first-order chi connectivity index (χ1) is 12.6. The topological polar surface area (TPSA) is 47.7 Å². The van der Waals surface area contributed by atoms with Crippen LogP contribution in [0.3, 0.4) is 0 Å². The molecule has 0 bridgehead atoms. The van der Waals surface area contributed by atoms with E-state index in [0.29, 0.717) is 11.3 Å². The number of imidazole rings is 2. The second kappa shape index (κ2) is 5.22. The second-order valence-corrected chi connectivity index (χ2v) is 5.70. The van der Waals surface area contributed by atoms with Crippen molar-refractivity contribution < 1.29 is 17.6 Å². The molecule has 4 aromatic heterocycles. The minimum Gasteiger partial charge on any atom is -0.432 e. The molecule has 26 heavy (non-hydrogen) atoms. The van der Waals surface area contributed by atoms with Crippen molar-refractivity contribution in [2.75, 3.05) is 0 Å². The van der Waals surface area contributed by atoms with Gasteiger partial charge in [-0.05, 0) is 24.3 Å². The zero-order valence-electron chi connectivity index (χ0n) is 13.0. The number of halogens is 3. The van der Waals surface area contributed by atoms with E-state index in [1.807, 2.05) is 0 Å². The predicted octanol–water partition coefficient (Wildman–Crippen LogP) is 4.33. The molecule has 0 aliphatic rings. The molecular formula is C18H9F3N4O. The number of hydrogen-bond acceptors (Lipinski definition) is 3. The van der Waals surface area contributed by atoms with Crippen LogP contribution in [0.4, 0.5) is 13.2 Å². The molecule has 0 saturated carbocycles. The van der Waals surface area contributed by atoms with Gasteiger partial charge in [-0.3, -0.25) is 4.40 Å². The van der Waals surface area contributed by atoms with Crippen LogP contribution >= 0.6 is 0 Å². The summed E-state index contributed by atoms with van der Waals surface area (Å²) >= 11 is 0. The van der Waals surface area contributed by atoms with Gasteiger partial charge in [0.2, 0.25) is 0 Å². The smallest absolute Gasteiger partial charge is 0.306 e. The van der Waals surface area contributed by atoms with Crippen molar-refractivity contribution in [2.45, 2.75) is 0 Å². The van der Waals surface area contributed by atoms with Crippen LogP contribution in [-0.4, -0.2) is 18.8 Å². The van der Waals surface area contributed by atoms with E-state index in [1.165, 1.54) is 6.26 Å². The molecule has 5 aromatic rings. The summed E-state index contributed by atoms with van der Waals surface area (Å²) < 4.78 is 50.1. The predicted molar refractivity (Wildman–Crippen MR) is 87.0 cm³/mol. The van der Waals surface area contributed by atoms with E-state index < -0.39 is 17.5 Å². The van der Waals surface area contributed by atoms with Crippen LogP contribution in [0.2, 0.25) is 0 Å². The fraction of sp³-hybridized carbons (Fsp3) is 0. The zero-order valence-corrected chi connectivity index (χ0v) is 13.0. The Labute approximate surface area is 144 Å². The number of aromatic nitrogens is 4. The van der Waals surface area contributed by atoms with Gasteiger partial charge in [0.15, 0.2) is 17.5 Å². The molecule has 4 heterocycles. The summed E-state index contributed by atoms with van der Waals surface area (Å²) in [6.07, 6.45) is 8.27. The molecule has 5 nitrogen and oxygen atoms in total. The first-order valence-electron chi connectivity index (χ1n) is 7.66. The fourth-order valence-corrected chi connectivity index (χ4v) is 3.02. The van der Waals surface area contributed by atoms with Crippen molar-refractivity contribution in [3.05, 3.63) is 72.8 Å². The largest absolute Gasteiger partial charge is 0.432 e. The Morgan fingerprint density at radius 3 is 2.73 bits per heavy atom. The van der Waals surface area contributed by atoms with Gasteiger partial charge in [0.05, 0.1) is 5.69 Å². The number of pyridine rings is 1. The highest BCUT2D eigenvalue weighted by atomic mass is 19.2. The van der Waals surface area contributed by atoms with E-state index in [0.717, 1.165) is 17.8 Å². The Morgan fingerprint density at radius 1 is 0.962 bits per heavy atom. The van der Waals surface area contributed by atoms with Crippen molar-refractivity contribution in [1.82, 2.24) is 18.8 Å². The van der Waals surface area contributed by atoms with Gasteiger partial charge in [-0.25, -0.2) is 18.2 Å². The minimum absolute atomic E-state index is 0.150. The SMILES string of the molecule is Fc1ccc(-c2nc3occn3c2-c2ccc3nccn3c2)c(F)c1F. The van der Waals surface area contributed by atoms with Gasteiger partial charge in [-0.2, -0.15) is 4.98 Å². The summed E-state index contributed by atoms with van der Waals surface area (Å²) in [7, 11) is 0. The highest BCUT2D eigenvalue weighted by Crippen LogP contribution is 2.35. The van der Waals surface area contributed by atoms with Gasteiger partial charge in [-0.15, -0.1) is 0 Å². The molecule has 0 N–H and O–H groups in total. The molecule has 0 unspecified atom stereocenters. The van der Waals surface area contributed by atoms with Crippen molar-refractivity contribution in [3.8, 4) is 22.5 Å². The van der Waals surface area contributed by atoms with Crippen molar-refractivity contribution in [2.24, 2.45) is 0 Å². The molecule has 0 radical (unpaired) electrons. The molecular weight excluding hydrogens is 345 g/mol. The standard InChI is InChI=1S/C18H9F3N4O/c19-12-3-2-11(14(20)15(12)21)16-17(25-7-8-26-18(25)23-16)10-1-4-13-22-5-6-24(13)9-10/h1-9H. The fourth-order valence-electron chi connectivity index (χ4n) is 3.02. The first kappa shape index (κ1) is 14.8. The Bertz CT molecular complexity index is 1280. The lowest BCUT2D eigenvalue weighted by Crippen LogP contribution is -1.96.